The van der Waals surface area contributed by atoms with Crippen LogP contribution in [0.5, 0.6) is 0 Å². The fourth-order valence-corrected chi connectivity index (χ4v) is 3.52. The van der Waals surface area contributed by atoms with E-state index in [4.69, 9.17) is 16.9 Å². The predicted octanol–water partition coefficient (Wildman–Crippen LogP) is 2.63. The molecule has 1 aromatic rings. The van der Waals surface area contributed by atoms with Gasteiger partial charge in [-0.2, -0.15) is 0 Å². The minimum Gasteiger partial charge on any atom is -0.354 e. The molecule has 0 N–H and O–H groups in total. The summed E-state index contributed by atoms with van der Waals surface area (Å²) >= 11 is 6.10. The third kappa shape index (κ3) is 2.49. The zero-order valence-electron chi connectivity index (χ0n) is 11.8. The van der Waals surface area contributed by atoms with E-state index in [-0.39, 0.29) is 6.71 Å². The number of aromatic nitrogens is 2. The van der Waals surface area contributed by atoms with Gasteiger partial charge in [-0.1, -0.05) is 12.8 Å². The molecule has 0 amide bonds. The average Bonchev–Trinajstić information content (AvgIpc) is 2.72. The molecule has 1 unspecified atom stereocenters. The largest absolute Gasteiger partial charge is 0.354 e. The number of fused-ring (bicyclic) bond motifs is 1. The molecule has 3 rings (SSSR count). The number of nitrogens with zero attached hydrogens (tertiary/aromatic N) is 4. The Kier molecular flexibility index (Phi) is 3.84. The third-order valence-electron chi connectivity index (χ3n) is 4.44. The summed E-state index contributed by atoms with van der Waals surface area (Å²) in [5.74, 6) is 3.33. The molecule has 2 aliphatic rings. The number of nitriles is 1. The number of halogens is 1. The van der Waals surface area contributed by atoms with Crippen molar-refractivity contribution in [2.75, 3.05) is 11.4 Å². The average molecular weight is 289 g/mol. The molecule has 104 valence electrons. The lowest BCUT2D eigenvalue weighted by molar-refractivity contribution is 0.609. The summed E-state index contributed by atoms with van der Waals surface area (Å²) in [6.45, 7) is 3.31. The van der Waals surface area contributed by atoms with Crippen LogP contribution in [0.25, 0.3) is 0 Å². The van der Waals surface area contributed by atoms with Crippen LogP contribution in [0.15, 0.2) is 0 Å². The zero-order chi connectivity index (χ0) is 14.1. The first-order valence-corrected chi connectivity index (χ1v) is 7.78. The minimum absolute atomic E-state index is 0.0267. The molecule has 4 nitrogen and oxygen atoms in total. The van der Waals surface area contributed by atoms with Crippen molar-refractivity contribution >= 4 is 24.1 Å². The maximum absolute atomic E-state index is 9.16. The molecular formula is C14H18BClN4. The van der Waals surface area contributed by atoms with Gasteiger partial charge in [0.2, 0.25) is 5.28 Å². The molecule has 1 fully saturated rings. The minimum atomic E-state index is 0.0267. The predicted molar refractivity (Wildman–Crippen MR) is 81.1 cm³/mol. The highest BCUT2D eigenvalue weighted by Crippen LogP contribution is 2.32. The Morgan fingerprint density at radius 3 is 2.95 bits per heavy atom. The first-order valence-electron chi connectivity index (χ1n) is 7.40. The molecule has 1 aromatic heterocycles. The molecule has 0 radical (unpaired) electrons. The summed E-state index contributed by atoms with van der Waals surface area (Å²) in [6, 6.07) is 0.480. The topological polar surface area (TPSA) is 52.8 Å². The Bertz CT molecular complexity index is 557. The summed E-state index contributed by atoms with van der Waals surface area (Å²) in [5, 5.41) is 9.47. The second-order valence-electron chi connectivity index (χ2n) is 5.87. The fraction of sp³-hybridized carbons (Fsp3) is 0.643. The Morgan fingerprint density at radius 2 is 2.15 bits per heavy atom. The van der Waals surface area contributed by atoms with Crippen molar-refractivity contribution < 1.29 is 0 Å². The van der Waals surface area contributed by atoms with Crippen molar-refractivity contribution in [3.63, 3.8) is 0 Å². The van der Waals surface area contributed by atoms with Gasteiger partial charge in [0, 0.05) is 29.8 Å². The van der Waals surface area contributed by atoms with Gasteiger partial charge in [-0.05, 0) is 44.0 Å². The zero-order valence-corrected chi connectivity index (χ0v) is 12.5. The smallest absolute Gasteiger partial charge is 0.278 e. The molecule has 0 aliphatic carbocycles. The molecule has 0 bridgehead atoms. The summed E-state index contributed by atoms with van der Waals surface area (Å²) in [4.78, 5) is 11.2. The first kappa shape index (κ1) is 13.7. The van der Waals surface area contributed by atoms with E-state index in [1.165, 1.54) is 25.7 Å². The van der Waals surface area contributed by atoms with Crippen molar-refractivity contribution in [2.45, 2.75) is 51.3 Å². The summed E-state index contributed by atoms with van der Waals surface area (Å²) < 4.78 is 0. The van der Waals surface area contributed by atoms with Crippen LogP contribution in [0.2, 0.25) is 5.28 Å². The van der Waals surface area contributed by atoms with Crippen LogP contribution < -0.4 is 4.90 Å². The quantitative estimate of drug-likeness (QED) is 0.589. The molecular weight excluding hydrogens is 270 g/mol. The number of rotatable bonds is 1. The normalized spacial score (nSPS) is 22.4. The van der Waals surface area contributed by atoms with E-state index in [9.17, 15) is 0 Å². The highest BCUT2D eigenvalue weighted by Gasteiger charge is 2.32. The van der Waals surface area contributed by atoms with E-state index in [1.54, 1.807) is 0 Å². The summed E-state index contributed by atoms with van der Waals surface area (Å²) in [7, 11) is 0. The van der Waals surface area contributed by atoms with Gasteiger partial charge in [-0.25, -0.2) is 15.2 Å². The molecule has 0 spiro atoms. The van der Waals surface area contributed by atoms with Crippen LogP contribution >= 0.6 is 11.6 Å². The van der Waals surface area contributed by atoms with Gasteiger partial charge in [-0.3, -0.25) is 0 Å². The van der Waals surface area contributed by atoms with Gasteiger partial charge in [0.05, 0.1) is 0 Å². The second-order valence-corrected chi connectivity index (χ2v) is 6.21. The molecule has 1 atom stereocenters. The molecule has 20 heavy (non-hydrogen) atoms. The van der Waals surface area contributed by atoms with Crippen molar-refractivity contribution in [2.24, 2.45) is 0 Å². The number of hydrogen-bond acceptors (Lipinski definition) is 4. The van der Waals surface area contributed by atoms with Crippen molar-refractivity contribution in [1.82, 2.24) is 9.97 Å². The Labute approximate surface area is 125 Å². The van der Waals surface area contributed by atoms with Crippen LogP contribution in [-0.4, -0.2) is 29.3 Å². The Hall–Kier alpha value is -1.28. The van der Waals surface area contributed by atoms with E-state index in [1.807, 2.05) is 0 Å². The van der Waals surface area contributed by atoms with Crippen LogP contribution in [-0.2, 0) is 12.6 Å². The van der Waals surface area contributed by atoms with Gasteiger partial charge >= 0.3 is 0 Å². The van der Waals surface area contributed by atoms with Crippen molar-refractivity contribution in [3.05, 3.63) is 16.5 Å². The lowest BCUT2D eigenvalue weighted by atomic mass is 9.49. The highest BCUT2D eigenvalue weighted by molar-refractivity contribution is 6.67. The van der Waals surface area contributed by atoms with E-state index in [0.717, 1.165) is 29.9 Å². The van der Waals surface area contributed by atoms with Crippen molar-refractivity contribution in [1.29, 1.82) is 5.26 Å². The molecule has 0 aromatic carbocycles. The van der Waals surface area contributed by atoms with E-state index >= 15 is 0 Å². The molecule has 2 aliphatic heterocycles. The Morgan fingerprint density at radius 1 is 1.30 bits per heavy atom. The molecule has 6 heteroatoms. The molecule has 3 heterocycles. The van der Waals surface area contributed by atoms with Crippen LogP contribution in [0, 0.1) is 11.2 Å². The van der Waals surface area contributed by atoms with E-state index < -0.39 is 0 Å². The van der Waals surface area contributed by atoms with Crippen LogP contribution in [0.3, 0.4) is 0 Å². The summed E-state index contributed by atoms with van der Waals surface area (Å²) in [5.41, 5.74) is 2.12. The molecule has 1 saturated heterocycles. The first-order chi connectivity index (χ1) is 9.69. The van der Waals surface area contributed by atoms with E-state index in [0.29, 0.717) is 17.6 Å². The lowest BCUT2D eigenvalue weighted by Crippen LogP contribution is -2.34. The Balaban J connectivity index is 1.99. The van der Waals surface area contributed by atoms with Gasteiger partial charge in [0.25, 0.3) is 6.71 Å². The molecule has 0 saturated carbocycles. The lowest BCUT2D eigenvalue weighted by Gasteiger charge is -2.30. The van der Waals surface area contributed by atoms with Gasteiger partial charge in [0.1, 0.15) is 5.82 Å². The van der Waals surface area contributed by atoms with Crippen LogP contribution in [0.4, 0.5) is 5.82 Å². The maximum atomic E-state index is 9.16. The van der Waals surface area contributed by atoms with Crippen LogP contribution in [0.1, 0.15) is 43.9 Å². The van der Waals surface area contributed by atoms with Gasteiger partial charge in [-0.15, -0.1) is 0 Å². The van der Waals surface area contributed by atoms with Gasteiger partial charge < -0.3 is 4.90 Å². The monoisotopic (exact) mass is 288 g/mol. The summed E-state index contributed by atoms with van der Waals surface area (Å²) in [6.07, 6.45) is 6.42. The number of hydrogen-bond donors (Lipinski definition) is 0. The van der Waals surface area contributed by atoms with Gasteiger partial charge in [0.15, 0.2) is 0 Å². The highest BCUT2D eigenvalue weighted by atomic mass is 35.5. The van der Waals surface area contributed by atoms with E-state index in [2.05, 4.69) is 27.8 Å². The van der Waals surface area contributed by atoms with Crippen molar-refractivity contribution in [3.8, 4) is 5.97 Å². The SMILES string of the molecule is CC1CCCCCN1c1nc(Cl)nc2c1CB(C#N)C2. The maximum Gasteiger partial charge on any atom is 0.278 e. The standard InChI is InChI=1S/C14H18BClN4/c1-10-5-3-2-4-6-20(10)13-11-7-15(9-17)8-12(11)18-14(16)19-13/h10H,2-8H2,1H3. The fourth-order valence-electron chi connectivity index (χ4n) is 3.34. The third-order valence-corrected chi connectivity index (χ3v) is 4.61. The number of anilines is 1. The second kappa shape index (κ2) is 5.61.